The molecular formula is C20H31N3O3. The number of amides is 2. The number of urea groups is 1. The van der Waals surface area contributed by atoms with E-state index in [-0.39, 0.29) is 6.03 Å². The molecule has 0 bridgehead atoms. The predicted octanol–water partition coefficient (Wildman–Crippen LogP) is 2.13. The molecule has 1 N–H and O–H groups in total. The van der Waals surface area contributed by atoms with Crippen LogP contribution in [0.4, 0.5) is 4.79 Å². The van der Waals surface area contributed by atoms with Gasteiger partial charge in [0, 0.05) is 38.8 Å². The van der Waals surface area contributed by atoms with Crippen molar-refractivity contribution >= 4 is 6.03 Å². The van der Waals surface area contributed by atoms with Crippen molar-refractivity contribution in [1.29, 1.82) is 0 Å². The van der Waals surface area contributed by atoms with Gasteiger partial charge in [-0.2, -0.15) is 0 Å². The Morgan fingerprint density at radius 3 is 2.69 bits per heavy atom. The SMILES string of the molecule is COc1ccc(CCNC(=O)N2CCCC[C@H]2CN2CCOCC2)cc1. The molecule has 2 amide bonds. The third-order valence-corrected chi connectivity index (χ3v) is 5.31. The van der Waals surface area contributed by atoms with E-state index in [1.165, 1.54) is 12.0 Å². The fourth-order valence-corrected chi connectivity index (χ4v) is 3.75. The first-order valence-corrected chi connectivity index (χ1v) is 9.74. The molecule has 0 saturated carbocycles. The first-order valence-electron chi connectivity index (χ1n) is 9.74. The number of hydrogen-bond donors (Lipinski definition) is 1. The minimum absolute atomic E-state index is 0.0801. The summed E-state index contributed by atoms with van der Waals surface area (Å²) in [5.74, 6) is 0.858. The molecule has 0 radical (unpaired) electrons. The van der Waals surface area contributed by atoms with Crippen LogP contribution in [0.1, 0.15) is 24.8 Å². The summed E-state index contributed by atoms with van der Waals surface area (Å²) in [6.07, 6.45) is 4.25. The van der Waals surface area contributed by atoms with Gasteiger partial charge < -0.3 is 19.7 Å². The number of piperidine rings is 1. The zero-order valence-corrected chi connectivity index (χ0v) is 15.8. The molecular weight excluding hydrogens is 330 g/mol. The summed E-state index contributed by atoms with van der Waals surface area (Å²) in [5, 5.41) is 3.11. The van der Waals surface area contributed by atoms with Crippen molar-refractivity contribution in [3.05, 3.63) is 29.8 Å². The summed E-state index contributed by atoms with van der Waals surface area (Å²) in [5.41, 5.74) is 1.20. The van der Waals surface area contributed by atoms with Crippen LogP contribution >= 0.6 is 0 Å². The lowest BCUT2D eigenvalue weighted by molar-refractivity contribution is 0.0221. The molecule has 2 heterocycles. The molecule has 0 spiro atoms. The lowest BCUT2D eigenvalue weighted by atomic mass is 10.0. The maximum atomic E-state index is 12.7. The summed E-state index contributed by atoms with van der Waals surface area (Å²) < 4.78 is 10.6. The largest absolute Gasteiger partial charge is 0.497 e. The number of hydrogen-bond acceptors (Lipinski definition) is 4. The molecule has 2 saturated heterocycles. The third-order valence-electron chi connectivity index (χ3n) is 5.31. The van der Waals surface area contributed by atoms with Crippen LogP contribution in [0.25, 0.3) is 0 Å². The zero-order valence-electron chi connectivity index (χ0n) is 15.8. The van der Waals surface area contributed by atoms with Gasteiger partial charge in [0.2, 0.25) is 0 Å². The van der Waals surface area contributed by atoms with Crippen molar-refractivity contribution in [2.45, 2.75) is 31.7 Å². The van der Waals surface area contributed by atoms with Crippen LogP contribution in [0.2, 0.25) is 0 Å². The van der Waals surface area contributed by atoms with E-state index >= 15 is 0 Å². The minimum Gasteiger partial charge on any atom is -0.497 e. The van der Waals surface area contributed by atoms with Gasteiger partial charge in [-0.1, -0.05) is 12.1 Å². The molecule has 2 fully saturated rings. The summed E-state index contributed by atoms with van der Waals surface area (Å²) in [6, 6.07) is 8.42. The molecule has 0 aromatic heterocycles. The van der Waals surface area contributed by atoms with Gasteiger partial charge in [0.05, 0.1) is 20.3 Å². The first-order chi connectivity index (χ1) is 12.8. The van der Waals surface area contributed by atoms with Gasteiger partial charge in [0.15, 0.2) is 0 Å². The number of morpholine rings is 1. The van der Waals surface area contributed by atoms with Crippen molar-refractivity contribution < 1.29 is 14.3 Å². The van der Waals surface area contributed by atoms with E-state index in [0.29, 0.717) is 12.6 Å². The summed E-state index contributed by atoms with van der Waals surface area (Å²) in [7, 11) is 1.67. The van der Waals surface area contributed by atoms with E-state index < -0.39 is 0 Å². The molecule has 1 aromatic rings. The van der Waals surface area contributed by atoms with E-state index in [0.717, 1.165) is 64.4 Å². The van der Waals surface area contributed by atoms with E-state index in [4.69, 9.17) is 9.47 Å². The van der Waals surface area contributed by atoms with Crippen LogP contribution in [0.15, 0.2) is 24.3 Å². The molecule has 0 unspecified atom stereocenters. The second-order valence-corrected chi connectivity index (χ2v) is 7.09. The Morgan fingerprint density at radius 1 is 1.19 bits per heavy atom. The molecule has 1 aromatic carbocycles. The molecule has 6 nitrogen and oxygen atoms in total. The average molecular weight is 361 g/mol. The van der Waals surface area contributed by atoms with Gasteiger partial charge in [-0.25, -0.2) is 4.79 Å². The van der Waals surface area contributed by atoms with Gasteiger partial charge >= 0.3 is 6.03 Å². The van der Waals surface area contributed by atoms with Crippen molar-refractivity contribution in [2.75, 3.05) is 53.0 Å². The fourth-order valence-electron chi connectivity index (χ4n) is 3.75. The topological polar surface area (TPSA) is 54.0 Å². The molecule has 3 rings (SSSR count). The number of nitrogens with zero attached hydrogens (tertiary/aromatic N) is 2. The smallest absolute Gasteiger partial charge is 0.317 e. The summed E-state index contributed by atoms with van der Waals surface area (Å²) in [4.78, 5) is 17.2. The highest BCUT2D eigenvalue weighted by atomic mass is 16.5. The number of carbonyl (C=O) groups excluding carboxylic acids is 1. The Balaban J connectivity index is 1.46. The molecule has 1 atom stereocenters. The van der Waals surface area contributed by atoms with Gasteiger partial charge in [0.25, 0.3) is 0 Å². The van der Waals surface area contributed by atoms with Crippen LogP contribution in [0.3, 0.4) is 0 Å². The van der Waals surface area contributed by atoms with E-state index in [1.807, 2.05) is 29.2 Å². The predicted molar refractivity (Wildman–Crippen MR) is 102 cm³/mol. The monoisotopic (exact) mass is 361 g/mol. The maximum absolute atomic E-state index is 12.7. The van der Waals surface area contributed by atoms with E-state index in [1.54, 1.807) is 7.11 Å². The number of methoxy groups -OCH3 is 1. The summed E-state index contributed by atoms with van der Waals surface area (Å²) in [6.45, 7) is 6.05. The lowest BCUT2D eigenvalue weighted by Crippen LogP contribution is -2.54. The maximum Gasteiger partial charge on any atom is 0.317 e. The highest BCUT2D eigenvalue weighted by molar-refractivity contribution is 5.74. The Kier molecular flexibility index (Phi) is 7.14. The van der Waals surface area contributed by atoms with E-state index in [9.17, 15) is 4.79 Å². The first kappa shape index (κ1) is 19.0. The quantitative estimate of drug-likeness (QED) is 0.843. The number of likely N-dealkylation sites (tertiary alicyclic amines) is 1. The van der Waals surface area contributed by atoms with Crippen LogP contribution in [0.5, 0.6) is 5.75 Å². The van der Waals surface area contributed by atoms with Crippen molar-refractivity contribution in [1.82, 2.24) is 15.1 Å². The van der Waals surface area contributed by atoms with Crippen LogP contribution in [-0.4, -0.2) is 74.9 Å². The molecule has 6 heteroatoms. The lowest BCUT2D eigenvalue weighted by Gasteiger charge is -2.39. The highest BCUT2D eigenvalue weighted by Gasteiger charge is 2.28. The number of ether oxygens (including phenoxy) is 2. The average Bonchev–Trinajstić information content (AvgIpc) is 2.69. The molecule has 2 aliphatic rings. The van der Waals surface area contributed by atoms with Gasteiger partial charge in [-0.3, -0.25) is 4.90 Å². The fraction of sp³-hybridized carbons (Fsp3) is 0.650. The molecule has 26 heavy (non-hydrogen) atoms. The third kappa shape index (κ3) is 5.35. The Bertz CT molecular complexity index is 558. The Morgan fingerprint density at radius 2 is 1.96 bits per heavy atom. The minimum atomic E-state index is 0.0801. The van der Waals surface area contributed by atoms with Crippen molar-refractivity contribution in [3.63, 3.8) is 0 Å². The van der Waals surface area contributed by atoms with Crippen molar-refractivity contribution in [3.8, 4) is 5.75 Å². The molecule has 2 aliphatic heterocycles. The van der Waals surface area contributed by atoms with E-state index in [2.05, 4.69) is 10.2 Å². The molecule has 0 aliphatic carbocycles. The number of rotatable bonds is 6. The van der Waals surface area contributed by atoms with Gasteiger partial charge in [-0.05, 0) is 43.4 Å². The van der Waals surface area contributed by atoms with Crippen LogP contribution < -0.4 is 10.1 Å². The zero-order chi connectivity index (χ0) is 18.2. The number of benzene rings is 1. The normalized spacial score (nSPS) is 21.4. The van der Waals surface area contributed by atoms with Crippen LogP contribution in [-0.2, 0) is 11.2 Å². The Labute approximate surface area is 156 Å². The van der Waals surface area contributed by atoms with Gasteiger partial charge in [-0.15, -0.1) is 0 Å². The Hall–Kier alpha value is -1.79. The number of nitrogens with one attached hydrogen (secondary N) is 1. The standard InChI is InChI=1S/C20H31N3O3/c1-25-19-7-5-17(6-8-19)9-10-21-20(24)23-11-3-2-4-18(23)16-22-12-14-26-15-13-22/h5-8,18H,2-4,9-16H2,1H3,(H,21,24)/t18-/m0/s1. The summed E-state index contributed by atoms with van der Waals surface area (Å²) >= 11 is 0. The van der Waals surface area contributed by atoms with Crippen LogP contribution in [0, 0.1) is 0 Å². The number of carbonyl (C=O) groups is 1. The molecule has 144 valence electrons. The van der Waals surface area contributed by atoms with Gasteiger partial charge in [0.1, 0.15) is 5.75 Å². The second kappa shape index (κ2) is 9.78. The highest BCUT2D eigenvalue weighted by Crippen LogP contribution is 2.19. The van der Waals surface area contributed by atoms with Crippen molar-refractivity contribution in [2.24, 2.45) is 0 Å². The second-order valence-electron chi connectivity index (χ2n) is 7.09.